The van der Waals surface area contributed by atoms with Crippen LogP contribution in [0.1, 0.15) is 31.8 Å². The van der Waals surface area contributed by atoms with Crippen LogP contribution in [0.15, 0.2) is 27.1 Å². The monoisotopic (exact) mass is 419 g/mol. The minimum absolute atomic E-state index is 0.00233. The van der Waals surface area contributed by atoms with E-state index in [-0.39, 0.29) is 51.7 Å². The molecule has 1 saturated heterocycles. The first kappa shape index (κ1) is 19.8. The second-order valence-corrected chi connectivity index (χ2v) is 11.1. The largest absolute Gasteiger partial charge is 0.464 e. The van der Waals surface area contributed by atoms with Gasteiger partial charge in [0.1, 0.15) is 16.0 Å². The lowest BCUT2D eigenvalue weighted by Crippen LogP contribution is -2.42. The van der Waals surface area contributed by atoms with E-state index in [1.165, 1.54) is 0 Å². The number of halogens is 2. The lowest BCUT2D eigenvalue weighted by Gasteiger charge is -2.28. The molecular formula is C18H23Cl2NO4S. The second kappa shape index (κ2) is 6.88. The maximum atomic E-state index is 13.3. The molecule has 2 fully saturated rings. The number of allylic oxidation sites excluding steroid dienone is 1. The lowest BCUT2D eigenvalue weighted by atomic mass is 10.1. The number of carbonyl (C=O) groups is 1. The third-order valence-corrected chi connectivity index (χ3v) is 7.54. The summed E-state index contributed by atoms with van der Waals surface area (Å²) in [6, 6.07) is 3.33. The summed E-state index contributed by atoms with van der Waals surface area (Å²) in [5.41, 5.74) is -0.263. The number of aryl methyl sites for hydroxylation is 1. The molecule has 3 rings (SSSR count). The summed E-state index contributed by atoms with van der Waals surface area (Å²) in [6.07, 6.45) is 2.16. The molecule has 1 saturated carbocycles. The molecule has 8 heteroatoms. The van der Waals surface area contributed by atoms with Crippen LogP contribution >= 0.6 is 23.2 Å². The molecule has 1 aliphatic carbocycles. The number of furan rings is 1. The molecular weight excluding hydrogens is 397 g/mol. The van der Waals surface area contributed by atoms with Gasteiger partial charge in [-0.15, -0.1) is 0 Å². The number of nitrogens with zero attached hydrogens (tertiary/aromatic N) is 1. The van der Waals surface area contributed by atoms with Gasteiger partial charge >= 0.3 is 0 Å². The van der Waals surface area contributed by atoms with E-state index >= 15 is 0 Å². The molecule has 2 aliphatic rings. The first-order valence-corrected chi connectivity index (χ1v) is 11.2. The highest BCUT2D eigenvalue weighted by Gasteiger charge is 2.62. The Balaban J connectivity index is 1.85. The van der Waals surface area contributed by atoms with Crippen LogP contribution in [0.2, 0.25) is 0 Å². The van der Waals surface area contributed by atoms with Crippen molar-refractivity contribution in [2.24, 2.45) is 17.3 Å². The smallest absolute Gasteiger partial charge is 0.227 e. The number of amides is 1. The predicted molar refractivity (Wildman–Crippen MR) is 102 cm³/mol. The van der Waals surface area contributed by atoms with Gasteiger partial charge in [-0.3, -0.25) is 4.79 Å². The summed E-state index contributed by atoms with van der Waals surface area (Å²) in [7, 11) is -3.11. The van der Waals surface area contributed by atoms with Crippen LogP contribution in [0.3, 0.4) is 0 Å². The molecule has 144 valence electrons. The zero-order valence-electron chi connectivity index (χ0n) is 15.0. The van der Waals surface area contributed by atoms with Crippen molar-refractivity contribution in [3.63, 3.8) is 0 Å². The second-order valence-electron chi connectivity index (χ2n) is 7.82. The maximum absolute atomic E-state index is 13.3. The van der Waals surface area contributed by atoms with Gasteiger partial charge in [0.15, 0.2) is 9.84 Å². The minimum atomic E-state index is -3.11. The van der Waals surface area contributed by atoms with Crippen LogP contribution in [0.5, 0.6) is 0 Å². The van der Waals surface area contributed by atoms with Gasteiger partial charge in [0.2, 0.25) is 5.91 Å². The highest BCUT2D eigenvalue weighted by molar-refractivity contribution is 7.91. The molecule has 1 aliphatic heterocycles. The van der Waals surface area contributed by atoms with Crippen molar-refractivity contribution in [1.29, 1.82) is 0 Å². The Bertz CT molecular complexity index is 839. The van der Waals surface area contributed by atoms with Crippen molar-refractivity contribution in [3.8, 4) is 0 Å². The van der Waals surface area contributed by atoms with E-state index in [0.717, 1.165) is 5.76 Å². The van der Waals surface area contributed by atoms with Crippen LogP contribution in [0, 0.1) is 24.2 Å². The van der Waals surface area contributed by atoms with Gasteiger partial charge in [-0.25, -0.2) is 8.42 Å². The SMILES string of the molecule is Cc1ccc(CN(C(=O)[C@H]2[C@H](C=C(Cl)Cl)C2(C)C)[C@H]2CCS(=O)(=O)C2)o1. The van der Waals surface area contributed by atoms with Gasteiger partial charge in [-0.05, 0) is 42.9 Å². The lowest BCUT2D eigenvalue weighted by molar-refractivity contribution is -0.136. The van der Waals surface area contributed by atoms with Crippen LogP contribution < -0.4 is 0 Å². The Hall–Kier alpha value is -0.980. The van der Waals surface area contributed by atoms with E-state index in [4.69, 9.17) is 27.6 Å². The van der Waals surface area contributed by atoms with E-state index in [9.17, 15) is 13.2 Å². The fourth-order valence-corrected chi connectivity index (χ4v) is 5.92. The van der Waals surface area contributed by atoms with Crippen LogP contribution in [-0.2, 0) is 21.2 Å². The normalized spacial score (nSPS) is 28.6. The summed E-state index contributed by atoms with van der Waals surface area (Å²) in [5.74, 6) is 1.13. The van der Waals surface area contributed by atoms with E-state index in [0.29, 0.717) is 12.2 Å². The molecule has 1 aromatic rings. The quantitative estimate of drug-likeness (QED) is 0.729. The van der Waals surface area contributed by atoms with E-state index in [2.05, 4.69) is 0 Å². The Labute approximate surface area is 164 Å². The number of rotatable bonds is 5. The summed E-state index contributed by atoms with van der Waals surface area (Å²) >= 11 is 11.6. The van der Waals surface area contributed by atoms with Crippen molar-refractivity contribution in [1.82, 2.24) is 4.90 Å². The fraction of sp³-hybridized carbons (Fsp3) is 0.611. The molecule has 0 bridgehead atoms. The topological polar surface area (TPSA) is 67.6 Å². The minimum Gasteiger partial charge on any atom is -0.464 e. The molecule has 3 atom stereocenters. The van der Waals surface area contributed by atoms with E-state index < -0.39 is 9.84 Å². The zero-order valence-corrected chi connectivity index (χ0v) is 17.4. The summed E-state index contributed by atoms with van der Waals surface area (Å²) in [4.78, 5) is 15.0. The molecule has 0 aromatic carbocycles. The van der Waals surface area contributed by atoms with Crippen molar-refractivity contribution >= 4 is 38.9 Å². The van der Waals surface area contributed by atoms with Crippen molar-refractivity contribution in [3.05, 3.63) is 34.2 Å². The van der Waals surface area contributed by atoms with Gasteiger partial charge in [-0.1, -0.05) is 37.0 Å². The standard InChI is InChI=1S/C18H23Cl2NO4S/c1-11-4-5-13(25-11)9-21(12-6-7-26(23,24)10-12)17(22)16-14(8-15(19)20)18(16,2)3/h4-5,8,12,14,16H,6-7,9-10H2,1-3H3/t12-,14-,16+/m0/s1. The molecule has 0 radical (unpaired) electrons. The summed E-state index contributed by atoms with van der Waals surface area (Å²) < 4.78 is 29.7. The molecule has 0 unspecified atom stereocenters. The Morgan fingerprint density at radius 1 is 1.38 bits per heavy atom. The number of sulfone groups is 1. The average Bonchev–Trinajstić information content (AvgIpc) is 2.83. The Kier molecular flexibility index (Phi) is 5.23. The molecule has 0 spiro atoms. The third kappa shape index (κ3) is 3.97. The highest BCUT2D eigenvalue weighted by Crippen LogP contribution is 2.60. The zero-order chi connectivity index (χ0) is 19.3. The maximum Gasteiger partial charge on any atom is 0.227 e. The summed E-state index contributed by atoms with van der Waals surface area (Å²) in [6.45, 7) is 6.09. The molecule has 1 amide bonds. The first-order valence-electron chi connectivity index (χ1n) is 8.60. The van der Waals surface area contributed by atoms with E-state index in [1.54, 1.807) is 11.0 Å². The van der Waals surface area contributed by atoms with Gasteiger partial charge in [0.25, 0.3) is 0 Å². The van der Waals surface area contributed by atoms with E-state index in [1.807, 2.05) is 32.9 Å². The molecule has 0 N–H and O–H groups in total. The number of carbonyl (C=O) groups excluding carboxylic acids is 1. The van der Waals surface area contributed by atoms with Gasteiger partial charge in [0, 0.05) is 6.04 Å². The third-order valence-electron chi connectivity index (χ3n) is 5.54. The fourth-order valence-electron chi connectivity index (χ4n) is 3.92. The molecule has 2 heterocycles. The highest BCUT2D eigenvalue weighted by atomic mass is 35.5. The van der Waals surface area contributed by atoms with Gasteiger partial charge < -0.3 is 9.32 Å². The van der Waals surface area contributed by atoms with Crippen LogP contribution in [0.4, 0.5) is 0 Å². The summed E-state index contributed by atoms with van der Waals surface area (Å²) in [5, 5.41) is 0. The van der Waals surface area contributed by atoms with Gasteiger partial charge in [-0.2, -0.15) is 0 Å². The van der Waals surface area contributed by atoms with Crippen LogP contribution in [0.25, 0.3) is 0 Å². The number of hydrogen-bond donors (Lipinski definition) is 0. The average molecular weight is 420 g/mol. The Morgan fingerprint density at radius 3 is 2.58 bits per heavy atom. The Morgan fingerprint density at radius 2 is 2.08 bits per heavy atom. The van der Waals surface area contributed by atoms with Crippen molar-refractivity contribution < 1.29 is 17.6 Å². The number of hydrogen-bond acceptors (Lipinski definition) is 4. The van der Waals surface area contributed by atoms with Crippen molar-refractivity contribution in [2.45, 2.75) is 39.8 Å². The molecule has 5 nitrogen and oxygen atoms in total. The van der Waals surface area contributed by atoms with Gasteiger partial charge in [0.05, 0.1) is 24.0 Å². The molecule has 26 heavy (non-hydrogen) atoms. The van der Waals surface area contributed by atoms with Crippen molar-refractivity contribution in [2.75, 3.05) is 11.5 Å². The first-order chi connectivity index (χ1) is 12.0. The predicted octanol–water partition coefficient (Wildman–Crippen LogP) is 3.69. The van der Waals surface area contributed by atoms with Crippen LogP contribution in [-0.4, -0.2) is 36.8 Å². The molecule has 1 aromatic heterocycles.